The molecule has 10 heteroatoms. The fourth-order valence-corrected chi connectivity index (χ4v) is 3.93. The van der Waals surface area contributed by atoms with Crippen LogP contribution in [-0.2, 0) is 11.3 Å². The maximum atomic E-state index is 13.0. The Balaban J connectivity index is 1.74. The molecule has 4 rings (SSSR count). The number of halogens is 2. The zero-order valence-corrected chi connectivity index (χ0v) is 18.3. The van der Waals surface area contributed by atoms with E-state index in [1.165, 1.54) is 36.8 Å². The van der Waals surface area contributed by atoms with Gasteiger partial charge in [0, 0.05) is 36.0 Å². The number of carbonyl (C=O) groups excluding carboxylic acids is 2. The van der Waals surface area contributed by atoms with E-state index in [0.717, 1.165) is 0 Å². The molecule has 0 aliphatic heterocycles. The van der Waals surface area contributed by atoms with Gasteiger partial charge in [0.15, 0.2) is 0 Å². The number of aromatic carboxylic acids is 1. The molecule has 2 aromatic heterocycles. The van der Waals surface area contributed by atoms with Crippen molar-refractivity contribution in [1.29, 1.82) is 0 Å². The van der Waals surface area contributed by atoms with Gasteiger partial charge >= 0.3 is 5.97 Å². The molecule has 4 aromatic rings. The number of anilines is 1. The van der Waals surface area contributed by atoms with Crippen LogP contribution < -0.4 is 5.32 Å². The van der Waals surface area contributed by atoms with E-state index in [4.69, 9.17) is 23.2 Å². The molecule has 0 saturated heterocycles. The number of rotatable bonds is 6. The van der Waals surface area contributed by atoms with Gasteiger partial charge in [-0.2, -0.15) is 0 Å². The van der Waals surface area contributed by atoms with Crippen molar-refractivity contribution in [3.05, 3.63) is 87.8 Å². The van der Waals surface area contributed by atoms with Crippen molar-refractivity contribution < 1.29 is 24.6 Å². The maximum Gasteiger partial charge on any atom is 0.336 e. The molecule has 0 bridgehead atoms. The fraction of sp³-hybridized carbons (Fsp3) is 0.0435. The number of carboxylic acids is 1. The van der Waals surface area contributed by atoms with Gasteiger partial charge in [-0.3, -0.25) is 14.6 Å². The fourth-order valence-electron chi connectivity index (χ4n) is 3.47. The van der Waals surface area contributed by atoms with Gasteiger partial charge in [-0.1, -0.05) is 41.4 Å². The lowest BCUT2D eigenvalue weighted by atomic mass is 10.1. The van der Waals surface area contributed by atoms with Gasteiger partial charge in [-0.05, 0) is 29.8 Å². The molecule has 0 radical (unpaired) electrons. The Labute approximate surface area is 197 Å². The summed E-state index contributed by atoms with van der Waals surface area (Å²) >= 11 is 12.0. The standard InChI is InChI=1S/C23H15Cl2N3O5/c24-17-8-26-9-18(25)20(17)27-22(31)21(30)16-11-28(19-6-5-13(29)7-15(16)19)10-12-3-1-2-4-14(12)23(32)33/h1-9,11,29H,10H2,(H,32,33)(H,26,27,31). The number of fused-ring (bicyclic) bond motifs is 1. The Bertz CT molecular complexity index is 1410. The molecule has 0 aliphatic rings. The highest BCUT2D eigenvalue weighted by Gasteiger charge is 2.24. The first-order valence-electron chi connectivity index (χ1n) is 9.54. The summed E-state index contributed by atoms with van der Waals surface area (Å²) < 4.78 is 1.64. The topological polar surface area (TPSA) is 122 Å². The summed E-state index contributed by atoms with van der Waals surface area (Å²) in [5.41, 5.74) is 1.23. The van der Waals surface area contributed by atoms with Crippen LogP contribution in [0.5, 0.6) is 5.75 Å². The van der Waals surface area contributed by atoms with Gasteiger partial charge in [0.2, 0.25) is 0 Å². The monoisotopic (exact) mass is 483 g/mol. The van der Waals surface area contributed by atoms with Crippen molar-refractivity contribution in [2.24, 2.45) is 0 Å². The van der Waals surface area contributed by atoms with Crippen LogP contribution in [0.25, 0.3) is 10.9 Å². The Hall–Kier alpha value is -3.88. The highest BCUT2D eigenvalue weighted by atomic mass is 35.5. The van der Waals surface area contributed by atoms with Crippen LogP contribution in [0.3, 0.4) is 0 Å². The minimum absolute atomic E-state index is 0.0208. The average Bonchev–Trinajstić information content (AvgIpc) is 3.13. The largest absolute Gasteiger partial charge is 0.508 e. The van der Waals surface area contributed by atoms with Gasteiger partial charge < -0.3 is 20.1 Å². The van der Waals surface area contributed by atoms with Crippen molar-refractivity contribution in [1.82, 2.24) is 9.55 Å². The summed E-state index contributed by atoms with van der Waals surface area (Å²) in [4.78, 5) is 41.1. The third-order valence-electron chi connectivity index (χ3n) is 5.00. The van der Waals surface area contributed by atoms with E-state index < -0.39 is 17.7 Å². The summed E-state index contributed by atoms with van der Waals surface area (Å²) in [6, 6.07) is 10.9. The molecule has 3 N–H and O–H groups in total. The minimum atomic E-state index is -1.08. The van der Waals surface area contributed by atoms with Crippen LogP contribution in [0, 0.1) is 0 Å². The minimum Gasteiger partial charge on any atom is -0.508 e. The first-order chi connectivity index (χ1) is 15.8. The molecule has 0 fully saturated rings. The number of pyridine rings is 1. The van der Waals surface area contributed by atoms with E-state index >= 15 is 0 Å². The predicted octanol–water partition coefficient (Wildman–Crippen LogP) is 4.62. The molecule has 33 heavy (non-hydrogen) atoms. The number of Topliss-reactive ketones (excluding diaryl/α,β-unsaturated/α-hetero) is 1. The SMILES string of the molecule is O=C(Nc1c(Cl)cncc1Cl)C(=O)c1cn(Cc2ccccc2C(=O)O)c2ccc(O)cc12. The number of phenolic OH excluding ortho intramolecular Hbond substituents is 1. The van der Waals surface area contributed by atoms with E-state index in [1.54, 1.807) is 28.8 Å². The number of aromatic nitrogens is 2. The summed E-state index contributed by atoms with van der Waals surface area (Å²) in [5.74, 6) is -3.06. The molecule has 2 heterocycles. The molecule has 1 amide bonds. The maximum absolute atomic E-state index is 13.0. The van der Waals surface area contributed by atoms with E-state index in [9.17, 15) is 24.6 Å². The lowest BCUT2D eigenvalue weighted by molar-refractivity contribution is -0.112. The Morgan fingerprint density at radius 1 is 1.00 bits per heavy atom. The smallest absolute Gasteiger partial charge is 0.336 e. The Morgan fingerprint density at radius 2 is 1.70 bits per heavy atom. The number of carboxylic acid groups (broad SMARTS) is 1. The second-order valence-corrected chi connectivity index (χ2v) is 7.91. The quantitative estimate of drug-likeness (QED) is 0.271. The van der Waals surface area contributed by atoms with Crippen LogP contribution in [-0.4, -0.2) is 37.4 Å². The number of ketones is 1. The van der Waals surface area contributed by atoms with Crippen LogP contribution in [0.4, 0.5) is 5.69 Å². The zero-order valence-electron chi connectivity index (χ0n) is 16.8. The number of phenols is 1. The van der Waals surface area contributed by atoms with Crippen LogP contribution in [0.15, 0.2) is 61.1 Å². The van der Waals surface area contributed by atoms with Crippen LogP contribution >= 0.6 is 23.2 Å². The summed E-state index contributed by atoms with van der Waals surface area (Å²) in [5, 5.41) is 22.3. The number of hydrogen-bond acceptors (Lipinski definition) is 5. The molecule has 8 nitrogen and oxygen atoms in total. The highest BCUT2D eigenvalue weighted by Crippen LogP contribution is 2.30. The normalized spacial score (nSPS) is 10.8. The van der Waals surface area contributed by atoms with Gasteiger partial charge in [-0.15, -0.1) is 0 Å². The van der Waals surface area contributed by atoms with Crippen molar-refractivity contribution in [3.8, 4) is 5.75 Å². The third-order valence-corrected chi connectivity index (χ3v) is 5.57. The first kappa shape index (κ1) is 22.3. The first-order valence-corrected chi connectivity index (χ1v) is 10.3. The van der Waals surface area contributed by atoms with Crippen molar-refractivity contribution in [2.75, 3.05) is 5.32 Å². The van der Waals surface area contributed by atoms with Gasteiger partial charge in [0.1, 0.15) is 5.75 Å². The number of amides is 1. The molecule has 2 aromatic carbocycles. The van der Waals surface area contributed by atoms with Crippen LogP contribution in [0.1, 0.15) is 26.3 Å². The van der Waals surface area contributed by atoms with Crippen molar-refractivity contribution in [3.63, 3.8) is 0 Å². The predicted molar refractivity (Wildman–Crippen MR) is 123 cm³/mol. The van der Waals surface area contributed by atoms with Crippen molar-refractivity contribution in [2.45, 2.75) is 6.54 Å². The number of benzene rings is 2. The van der Waals surface area contributed by atoms with E-state index in [-0.39, 0.29) is 39.2 Å². The van der Waals surface area contributed by atoms with E-state index in [2.05, 4.69) is 10.3 Å². The second kappa shape index (κ2) is 8.93. The lowest BCUT2D eigenvalue weighted by Gasteiger charge is -2.08. The zero-order chi connectivity index (χ0) is 23.7. The second-order valence-electron chi connectivity index (χ2n) is 7.10. The van der Waals surface area contributed by atoms with Gasteiger partial charge in [-0.25, -0.2) is 4.79 Å². The molecule has 0 unspecified atom stereocenters. The number of aromatic hydroxyl groups is 1. The summed E-state index contributed by atoms with van der Waals surface area (Å²) in [7, 11) is 0. The molecule has 0 spiro atoms. The number of carbonyl (C=O) groups is 3. The van der Waals surface area contributed by atoms with Crippen LogP contribution in [0.2, 0.25) is 10.0 Å². The third kappa shape index (κ3) is 4.39. The summed E-state index contributed by atoms with van der Waals surface area (Å²) in [6.07, 6.45) is 4.00. The Kier molecular flexibility index (Phi) is 6.04. The number of nitrogens with one attached hydrogen (secondary N) is 1. The van der Waals surface area contributed by atoms with E-state index in [0.29, 0.717) is 16.5 Å². The van der Waals surface area contributed by atoms with Gasteiger partial charge in [0.05, 0.1) is 26.9 Å². The van der Waals surface area contributed by atoms with Crippen molar-refractivity contribution >= 4 is 57.5 Å². The molecular formula is C23H15Cl2N3O5. The molecular weight excluding hydrogens is 469 g/mol. The Morgan fingerprint density at radius 3 is 2.39 bits per heavy atom. The average molecular weight is 484 g/mol. The summed E-state index contributed by atoms with van der Waals surface area (Å²) in [6.45, 7) is 0.126. The molecule has 166 valence electrons. The number of nitrogens with zero attached hydrogens (tertiary/aromatic N) is 2. The highest BCUT2D eigenvalue weighted by molar-refractivity contribution is 6.50. The van der Waals surface area contributed by atoms with E-state index in [1.807, 2.05) is 0 Å². The molecule has 0 atom stereocenters. The number of hydrogen-bond donors (Lipinski definition) is 3. The molecule has 0 saturated carbocycles. The molecule has 0 aliphatic carbocycles. The van der Waals surface area contributed by atoms with Gasteiger partial charge in [0.25, 0.3) is 11.7 Å². The lowest BCUT2D eigenvalue weighted by Crippen LogP contribution is -2.23.